The summed E-state index contributed by atoms with van der Waals surface area (Å²) in [4.78, 5) is 12.2. The van der Waals surface area contributed by atoms with Crippen molar-refractivity contribution < 1.29 is 14.3 Å². The first-order valence-corrected chi connectivity index (χ1v) is 7.52. The van der Waals surface area contributed by atoms with E-state index in [2.05, 4.69) is 15.5 Å². The lowest BCUT2D eigenvalue weighted by atomic mass is 10.2. The van der Waals surface area contributed by atoms with Gasteiger partial charge in [0, 0.05) is 5.69 Å². The molecule has 1 aromatic carbocycles. The highest BCUT2D eigenvalue weighted by molar-refractivity contribution is 5.81. The van der Waals surface area contributed by atoms with Gasteiger partial charge in [-0.15, -0.1) is 0 Å². The maximum atomic E-state index is 12.2. The van der Waals surface area contributed by atoms with E-state index in [4.69, 9.17) is 9.47 Å². The fourth-order valence-corrected chi connectivity index (χ4v) is 2.97. The average Bonchev–Trinajstić information content (AvgIpc) is 3.16. The second kappa shape index (κ2) is 5.36. The highest BCUT2D eigenvalue weighted by Gasteiger charge is 2.27. The Balaban J connectivity index is 1.39. The molecule has 0 saturated heterocycles. The monoisotopic (exact) mass is 299 g/mol. The normalized spacial score (nSPS) is 18.8. The van der Waals surface area contributed by atoms with Crippen molar-refractivity contribution in [3.05, 3.63) is 41.2 Å². The fraction of sp³-hybridized carbons (Fsp3) is 0.375. The van der Waals surface area contributed by atoms with Crippen LogP contribution >= 0.6 is 0 Å². The van der Waals surface area contributed by atoms with Gasteiger partial charge < -0.3 is 14.8 Å². The maximum absolute atomic E-state index is 12.2. The van der Waals surface area contributed by atoms with E-state index in [9.17, 15) is 4.79 Å². The number of carbonyl (C=O) groups is 1. The SMILES string of the molecule is O=C(NCc1n[nH]c2c1CCC2)[C@@H]1COc2ccccc2O1. The van der Waals surface area contributed by atoms with Crippen molar-refractivity contribution in [2.75, 3.05) is 6.61 Å². The van der Waals surface area contributed by atoms with Crippen LogP contribution in [0.5, 0.6) is 11.5 Å². The number of ether oxygens (including phenoxy) is 2. The van der Waals surface area contributed by atoms with Gasteiger partial charge in [0.2, 0.25) is 6.10 Å². The molecule has 0 spiro atoms. The van der Waals surface area contributed by atoms with Gasteiger partial charge in [0.25, 0.3) is 5.91 Å². The Morgan fingerprint density at radius 3 is 3.09 bits per heavy atom. The molecule has 0 bridgehead atoms. The molecule has 0 unspecified atom stereocenters. The van der Waals surface area contributed by atoms with Crippen LogP contribution in [0.2, 0.25) is 0 Å². The summed E-state index contributed by atoms with van der Waals surface area (Å²) in [6.45, 7) is 0.647. The van der Waals surface area contributed by atoms with Crippen LogP contribution in [0.1, 0.15) is 23.4 Å². The Hall–Kier alpha value is -2.50. The first-order valence-electron chi connectivity index (χ1n) is 7.52. The molecule has 2 aromatic rings. The zero-order valence-corrected chi connectivity index (χ0v) is 12.1. The number of H-pyrrole nitrogens is 1. The summed E-state index contributed by atoms with van der Waals surface area (Å²) < 4.78 is 11.3. The molecule has 0 radical (unpaired) electrons. The molecule has 1 aliphatic heterocycles. The topological polar surface area (TPSA) is 76.2 Å². The number of nitrogens with one attached hydrogen (secondary N) is 2. The van der Waals surface area contributed by atoms with Crippen LogP contribution in [0.4, 0.5) is 0 Å². The first kappa shape index (κ1) is 13.2. The summed E-state index contributed by atoms with van der Waals surface area (Å²) in [6.07, 6.45) is 2.61. The molecule has 0 saturated carbocycles. The number of carbonyl (C=O) groups excluding carboxylic acids is 1. The van der Waals surface area contributed by atoms with Gasteiger partial charge in [-0.05, 0) is 37.0 Å². The smallest absolute Gasteiger partial charge is 0.265 e. The predicted molar refractivity (Wildman–Crippen MR) is 78.8 cm³/mol. The molecule has 2 N–H and O–H groups in total. The number of para-hydroxylation sites is 2. The quantitative estimate of drug-likeness (QED) is 0.897. The summed E-state index contributed by atoms with van der Waals surface area (Å²) in [5.41, 5.74) is 3.39. The van der Waals surface area contributed by atoms with Crippen LogP contribution in [0.25, 0.3) is 0 Å². The van der Waals surface area contributed by atoms with Gasteiger partial charge in [-0.25, -0.2) is 0 Å². The lowest BCUT2D eigenvalue weighted by molar-refractivity contribution is -0.130. The Morgan fingerprint density at radius 1 is 1.32 bits per heavy atom. The van der Waals surface area contributed by atoms with E-state index in [1.165, 1.54) is 11.3 Å². The second-order valence-electron chi connectivity index (χ2n) is 5.56. The lowest BCUT2D eigenvalue weighted by Gasteiger charge is -2.25. The number of hydrogen-bond donors (Lipinski definition) is 2. The number of aryl methyl sites for hydroxylation is 1. The molecule has 6 heteroatoms. The number of rotatable bonds is 3. The van der Waals surface area contributed by atoms with Crippen molar-refractivity contribution in [2.24, 2.45) is 0 Å². The highest BCUT2D eigenvalue weighted by atomic mass is 16.6. The average molecular weight is 299 g/mol. The molecule has 2 aliphatic rings. The van der Waals surface area contributed by atoms with E-state index in [-0.39, 0.29) is 12.5 Å². The van der Waals surface area contributed by atoms with Crippen molar-refractivity contribution >= 4 is 5.91 Å². The summed E-state index contributed by atoms with van der Waals surface area (Å²) in [6, 6.07) is 7.36. The first-order chi connectivity index (χ1) is 10.8. The Bertz CT molecular complexity index is 710. The van der Waals surface area contributed by atoms with Crippen LogP contribution in [0, 0.1) is 0 Å². The lowest BCUT2D eigenvalue weighted by Crippen LogP contribution is -2.43. The van der Waals surface area contributed by atoms with Crippen molar-refractivity contribution in [2.45, 2.75) is 31.9 Å². The Labute approximate surface area is 127 Å². The highest BCUT2D eigenvalue weighted by Crippen LogP contribution is 2.31. The van der Waals surface area contributed by atoms with Gasteiger partial charge >= 0.3 is 0 Å². The predicted octanol–water partition coefficient (Wildman–Crippen LogP) is 1.35. The van der Waals surface area contributed by atoms with Crippen LogP contribution < -0.4 is 14.8 Å². The molecule has 114 valence electrons. The minimum absolute atomic E-state index is 0.177. The largest absolute Gasteiger partial charge is 0.485 e. The van der Waals surface area contributed by atoms with Crippen LogP contribution in [-0.4, -0.2) is 28.8 Å². The molecule has 1 aromatic heterocycles. The Morgan fingerprint density at radius 2 is 2.18 bits per heavy atom. The number of amides is 1. The molecule has 2 heterocycles. The van der Waals surface area contributed by atoms with E-state index in [1.807, 2.05) is 18.2 Å². The van der Waals surface area contributed by atoms with Gasteiger partial charge in [0.15, 0.2) is 11.5 Å². The van der Waals surface area contributed by atoms with Gasteiger partial charge in [0.1, 0.15) is 6.61 Å². The third kappa shape index (κ3) is 2.30. The van der Waals surface area contributed by atoms with E-state index >= 15 is 0 Å². The molecular formula is C16H17N3O3. The minimum Gasteiger partial charge on any atom is -0.485 e. The van der Waals surface area contributed by atoms with Crippen molar-refractivity contribution in [3.8, 4) is 11.5 Å². The van der Waals surface area contributed by atoms with E-state index in [1.54, 1.807) is 6.07 Å². The fourth-order valence-electron chi connectivity index (χ4n) is 2.97. The van der Waals surface area contributed by atoms with E-state index in [0.717, 1.165) is 25.0 Å². The van der Waals surface area contributed by atoms with Crippen LogP contribution in [0.15, 0.2) is 24.3 Å². The molecule has 6 nitrogen and oxygen atoms in total. The summed E-state index contributed by atoms with van der Waals surface area (Å²) in [5, 5.41) is 10.2. The molecule has 1 atom stereocenters. The number of aromatic amines is 1. The third-order valence-corrected chi connectivity index (χ3v) is 4.12. The number of aromatic nitrogens is 2. The van der Waals surface area contributed by atoms with Crippen molar-refractivity contribution in [1.82, 2.24) is 15.5 Å². The Kier molecular flexibility index (Phi) is 3.21. The zero-order valence-electron chi connectivity index (χ0n) is 12.1. The number of nitrogens with zero attached hydrogens (tertiary/aromatic N) is 1. The van der Waals surface area contributed by atoms with Crippen molar-refractivity contribution in [3.63, 3.8) is 0 Å². The zero-order chi connectivity index (χ0) is 14.9. The van der Waals surface area contributed by atoms with Gasteiger partial charge in [0.05, 0.1) is 12.2 Å². The standard InChI is InChI=1S/C16H17N3O3/c20-16(15-9-21-13-6-1-2-7-14(13)22-15)17-8-12-10-4-3-5-11(10)18-19-12/h1-2,6-7,15H,3-5,8-9H2,(H,17,20)(H,18,19)/t15-/m0/s1. The van der Waals surface area contributed by atoms with Gasteiger partial charge in [-0.1, -0.05) is 12.1 Å². The minimum atomic E-state index is -0.623. The molecule has 1 aliphatic carbocycles. The van der Waals surface area contributed by atoms with E-state index < -0.39 is 6.10 Å². The molecule has 1 amide bonds. The summed E-state index contributed by atoms with van der Waals surface area (Å²) >= 11 is 0. The van der Waals surface area contributed by atoms with Gasteiger partial charge in [-0.3, -0.25) is 9.89 Å². The van der Waals surface area contributed by atoms with Crippen LogP contribution in [0.3, 0.4) is 0 Å². The molecule has 0 fully saturated rings. The van der Waals surface area contributed by atoms with Gasteiger partial charge in [-0.2, -0.15) is 5.10 Å². The molecule has 22 heavy (non-hydrogen) atoms. The summed E-state index contributed by atoms with van der Waals surface area (Å²) in [7, 11) is 0. The maximum Gasteiger partial charge on any atom is 0.265 e. The van der Waals surface area contributed by atoms with Crippen molar-refractivity contribution in [1.29, 1.82) is 0 Å². The number of benzene rings is 1. The van der Waals surface area contributed by atoms with E-state index in [0.29, 0.717) is 18.0 Å². The number of hydrogen-bond acceptors (Lipinski definition) is 4. The third-order valence-electron chi connectivity index (χ3n) is 4.12. The second-order valence-corrected chi connectivity index (χ2v) is 5.56. The van der Waals surface area contributed by atoms with Crippen LogP contribution in [-0.2, 0) is 24.2 Å². The molecular weight excluding hydrogens is 282 g/mol. The summed E-state index contributed by atoms with van der Waals surface area (Å²) in [5.74, 6) is 1.11. The molecule has 4 rings (SSSR count). The number of fused-ring (bicyclic) bond motifs is 2.